The van der Waals surface area contributed by atoms with Crippen molar-refractivity contribution in [1.29, 1.82) is 0 Å². The Morgan fingerprint density at radius 1 is 1.28 bits per heavy atom. The Morgan fingerprint density at radius 3 is 2.69 bits per heavy atom. The van der Waals surface area contributed by atoms with Gasteiger partial charge in [0, 0.05) is 0 Å². The van der Waals surface area contributed by atoms with E-state index in [0.29, 0.717) is 6.42 Å². The summed E-state index contributed by atoms with van der Waals surface area (Å²) in [7, 11) is 0. The predicted molar refractivity (Wildman–Crippen MR) is 126 cm³/mol. The molecule has 1 fully saturated rings. The number of amides is 1. The van der Waals surface area contributed by atoms with Crippen molar-refractivity contribution in [3.05, 3.63) is 29.3 Å². The van der Waals surface area contributed by atoms with E-state index in [1.54, 1.807) is 4.90 Å². The molecule has 29 heavy (non-hydrogen) atoms. The number of carbonyl (C=O) groups excluding carboxylic acids is 1. The molecule has 1 aliphatic rings. The van der Waals surface area contributed by atoms with E-state index in [-0.39, 0.29) is 12.6 Å². The zero-order chi connectivity index (χ0) is 21.1. The van der Waals surface area contributed by atoms with Crippen LogP contribution in [0.3, 0.4) is 0 Å². The molecule has 0 N–H and O–H groups in total. The number of hydrogen-bond acceptors (Lipinski definition) is 4. The van der Waals surface area contributed by atoms with E-state index in [1.807, 2.05) is 18.7 Å². The highest BCUT2D eigenvalue weighted by Gasteiger charge is 2.25. The Morgan fingerprint density at radius 2 is 2.03 bits per heavy atom. The topological polar surface area (TPSA) is 41.9 Å². The molecule has 2 rings (SSSR count). The van der Waals surface area contributed by atoms with E-state index < -0.39 is 5.38 Å². The molecule has 0 spiro atoms. The second-order valence-corrected chi connectivity index (χ2v) is 9.30. The van der Waals surface area contributed by atoms with Crippen LogP contribution in [0.5, 0.6) is 0 Å². The van der Waals surface area contributed by atoms with Crippen molar-refractivity contribution in [2.45, 2.75) is 77.5 Å². The Balaban J connectivity index is 2.21. The molecule has 0 bridgehead atoms. The molecule has 1 unspecified atom stereocenters. The highest BCUT2D eigenvalue weighted by Crippen LogP contribution is 2.26. The third-order valence-corrected chi connectivity index (χ3v) is 6.71. The van der Waals surface area contributed by atoms with Crippen LogP contribution in [0.4, 0.5) is 5.69 Å². The molecule has 1 atom stereocenters. The van der Waals surface area contributed by atoms with Crippen LogP contribution in [-0.2, 0) is 22.5 Å². The monoisotopic (exact) mass is 438 g/mol. The quantitative estimate of drug-likeness (QED) is 0.169. The number of alkyl halides is 1. The molecule has 0 aliphatic heterocycles. The molecule has 1 saturated carbocycles. The Hall–Kier alpha value is -1.20. The summed E-state index contributed by atoms with van der Waals surface area (Å²) in [4.78, 5) is 20.4. The van der Waals surface area contributed by atoms with Crippen LogP contribution in [0.15, 0.2) is 23.4 Å². The van der Waals surface area contributed by atoms with Gasteiger partial charge in [-0.05, 0) is 80.1 Å². The van der Waals surface area contributed by atoms with Crippen molar-refractivity contribution in [2.75, 3.05) is 23.1 Å². The van der Waals surface area contributed by atoms with Crippen molar-refractivity contribution >= 4 is 40.7 Å². The maximum atomic E-state index is 13.0. The van der Waals surface area contributed by atoms with E-state index >= 15 is 0 Å². The van der Waals surface area contributed by atoms with Gasteiger partial charge >= 0.3 is 0 Å². The molecule has 1 aromatic rings. The van der Waals surface area contributed by atoms with Crippen LogP contribution >= 0.6 is 23.4 Å². The van der Waals surface area contributed by atoms with Crippen molar-refractivity contribution < 1.29 is 9.63 Å². The smallest absolute Gasteiger partial charge is 0.247 e. The summed E-state index contributed by atoms with van der Waals surface area (Å²) >= 11 is 8.30. The molecule has 0 aromatic heterocycles. The molecular weight excluding hydrogens is 404 g/mol. The molecule has 6 heteroatoms. The number of thioether (sulfide) groups is 1. The first kappa shape index (κ1) is 24.1. The summed E-state index contributed by atoms with van der Waals surface area (Å²) in [5, 5.41) is 3.72. The number of oxime groups is 1. The van der Waals surface area contributed by atoms with E-state index in [0.717, 1.165) is 60.6 Å². The number of aryl methyl sites for hydroxylation is 2. The van der Waals surface area contributed by atoms with Gasteiger partial charge in [-0.2, -0.15) is 11.8 Å². The van der Waals surface area contributed by atoms with E-state index in [1.165, 1.54) is 18.4 Å². The fourth-order valence-corrected chi connectivity index (χ4v) is 4.24. The minimum absolute atomic E-state index is 0.105. The number of anilines is 1. The SMILES string of the molecule is CCSCCCc1ccc(CC)c(N(CON=C2CCCC2)C(=O)C(Cl)CC)c1. The summed E-state index contributed by atoms with van der Waals surface area (Å²) < 4.78 is 0. The van der Waals surface area contributed by atoms with Crippen molar-refractivity contribution in [3.63, 3.8) is 0 Å². The molecule has 1 amide bonds. The van der Waals surface area contributed by atoms with Gasteiger partial charge in [0.15, 0.2) is 6.73 Å². The van der Waals surface area contributed by atoms with Crippen molar-refractivity contribution in [3.8, 4) is 0 Å². The normalized spacial score (nSPS) is 14.7. The summed E-state index contributed by atoms with van der Waals surface area (Å²) in [5.74, 6) is 2.19. The van der Waals surface area contributed by atoms with Crippen molar-refractivity contribution in [1.82, 2.24) is 0 Å². The first-order valence-corrected chi connectivity index (χ1v) is 12.5. The van der Waals surface area contributed by atoms with Gasteiger partial charge < -0.3 is 4.84 Å². The second kappa shape index (κ2) is 13.2. The lowest BCUT2D eigenvalue weighted by Gasteiger charge is -2.26. The van der Waals surface area contributed by atoms with Crippen LogP contribution in [0.2, 0.25) is 0 Å². The van der Waals surface area contributed by atoms with Crippen LogP contribution in [0, 0.1) is 0 Å². The maximum absolute atomic E-state index is 13.0. The fourth-order valence-electron chi connectivity index (χ4n) is 3.49. The molecule has 0 saturated heterocycles. The molecule has 0 radical (unpaired) electrons. The van der Waals surface area contributed by atoms with Gasteiger partial charge in [-0.3, -0.25) is 9.69 Å². The van der Waals surface area contributed by atoms with Gasteiger partial charge in [-0.1, -0.05) is 38.1 Å². The number of hydrogen-bond donors (Lipinski definition) is 0. The number of nitrogens with zero attached hydrogens (tertiary/aromatic N) is 2. The van der Waals surface area contributed by atoms with Gasteiger partial charge in [0.2, 0.25) is 5.91 Å². The Labute approximate surface area is 185 Å². The number of halogens is 1. The summed E-state index contributed by atoms with van der Waals surface area (Å²) in [6.45, 7) is 6.33. The number of benzene rings is 1. The van der Waals surface area contributed by atoms with Crippen LogP contribution in [0.25, 0.3) is 0 Å². The largest absolute Gasteiger partial charge is 0.373 e. The lowest BCUT2D eigenvalue weighted by molar-refractivity contribution is -0.119. The Kier molecular flexibility index (Phi) is 10.9. The van der Waals surface area contributed by atoms with Gasteiger partial charge in [0.1, 0.15) is 5.38 Å². The highest BCUT2D eigenvalue weighted by molar-refractivity contribution is 7.99. The minimum Gasteiger partial charge on any atom is -0.373 e. The second-order valence-electron chi connectivity index (χ2n) is 7.38. The van der Waals surface area contributed by atoms with Crippen LogP contribution in [-0.4, -0.2) is 35.2 Å². The first-order chi connectivity index (χ1) is 14.1. The summed E-state index contributed by atoms with van der Waals surface area (Å²) in [6, 6.07) is 6.45. The average molecular weight is 439 g/mol. The van der Waals surface area contributed by atoms with E-state index in [4.69, 9.17) is 16.4 Å². The molecule has 162 valence electrons. The van der Waals surface area contributed by atoms with Gasteiger partial charge in [-0.25, -0.2) is 0 Å². The maximum Gasteiger partial charge on any atom is 0.247 e. The number of carbonyl (C=O) groups is 1. The van der Waals surface area contributed by atoms with Gasteiger partial charge in [0.25, 0.3) is 0 Å². The summed E-state index contributed by atoms with van der Waals surface area (Å²) in [6.07, 6.45) is 7.89. The van der Waals surface area contributed by atoms with Crippen LogP contribution < -0.4 is 4.90 Å². The molecular formula is C23H35ClN2O2S. The molecule has 1 aliphatic carbocycles. The van der Waals surface area contributed by atoms with Gasteiger partial charge in [-0.15, -0.1) is 11.6 Å². The van der Waals surface area contributed by atoms with Crippen molar-refractivity contribution in [2.24, 2.45) is 5.16 Å². The molecule has 1 aromatic carbocycles. The Bertz CT molecular complexity index is 673. The lowest BCUT2D eigenvalue weighted by atomic mass is 10.0. The van der Waals surface area contributed by atoms with Crippen LogP contribution in [0.1, 0.15) is 70.4 Å². The third kappa shape index (κ3) is 7.53. The molecule has 4 nitrogen and oxygen atoms in total. The zero-order valence-corrected chi connectivity index (χ0v) is 19.7. The van der Waals surface area contributed by atoms with E-state index in [9.17, 15) is 4.79 Å². The average Bonchev–Trinajstić information content (AvgIpc) is 3.26. The first-order valence-electron chi connectivity index (χ1n) is 10.9. The zero-order valence-electron chi connectivity index (χ0n) is 18.1. The summed E-state index contributed by atoms with van der Waals surface area (Å²) in [5.41, 5.74) is 4.37. The molecule has 0 heterocycles. The minimum atomic E-state index is -0.563. The highest BCUT2D eigenvalue weighted by atomic mass is 35.5. The lowest BCUT2D eigenvalue weighted by Crippen LogP contribution is -2.38. The standard InChI is InChI=1S/C23H35ClN2O2S/c1-4-19-14-13-18(10-9-15-29-6-3)16-22(19)26(23(27)21(24)5-2)17-28-25-20-11-7-8-12-20/h13-14,16,21H,4-12,15,17H2,1-3H3. The predicted octanol–water partition coefficient (Wildman–Crippen LogP) is 6.19. The van der Waals surface area contributed by atoms with Gasteiger partial charge in [0.05, 0.1) is 11.4 Å². The fraction of sp³-hybridized carbons (Fsp3) is 0.652. The third-order valence-electron chi connectivity index (χ3n) is 5.23. The van der Waals surface area contributed by atoms with E-state index in [2.05, 4.69) is 37.2 Å². The number of rotatable bonds is 12.